The number of likely N-dealkylation sites (tertiary alicyclic amines) is 1. The van der Waals surface area contributed by atoms with Gasteiger partial charge in [-0.1, -0.05) is 0 Å². The van der Waals surface area contributed by atoms with Crippen molar-refractivity contribution >= 4 is 5.82 Å². The van der Waals surface area contributed by atoms with Crippen molar-refractivity contribution in [1.29, 1.82) is 0 Å². The van der Waals surface area contributed by atoms with Crippen molar-refractivity contribution in [3.05, 3.63) is 12.4 Å². The average molecular weight is 292 g/mol. The standard InChI is InChI=1S/C15H24N4O2/c1-21-14-10-13(16-12-17-14)19-8-4-15(20,5-9-19)11-18-6-2-3-7-18/h10,12,20H,2-9,11H2,1H3. The molecule has 0 saturated carbocycles. The van der Waals surface area contributed by atoms with Crippen molar-refractivity contribution in [3.8, 4) is 5.88 Å². The molecule has 2 saturated heterocycles. The lowest BCUT2D eigenvalue weighted by atomic mass is 9.91. The predicted molar refractivity (Wildman–Crippen MR) is 80.7 cm³/mol. The van der Waals surface area contributed by atoms with Gasteiger partial charge in [0.2, 0.25) is 5.88 Å². The number of anilines is 1. The number of hydrogen-bond donors (Lipinski definition) is 1. The minimum atomic E-state index is -0.544. The van der Waals surface area contributed by atoms with Gasteiger partial charge < -0.3 is 19.6 Å². The average Bonchev–Trinajstić information content (AvgIpc) is 3.00. The monoisotopic (exact) mass is 292 g/mol. The van der Waals surface area contributed by atoms with Gasteiger partial charge in [-0.05, 0) is 38.8 Å². The Labute approximate surface area is 125 Å². The Hall–Kier alpha value is -1.40. The highest BCUT2D eigenvalue weighted by Crippen LogP contribution is 2.28. The van der Waals surface area contributed by atoms with E-state index in [2.05, 4.69) is 19.8 Å². The Balaban J connectivity index is 1.58. The first-order valence-corrected chi connectivity index (χ1v) is 7.74. The summed E-state index contributed by atoms with van der Waals surface area (Å²) < 4.78 is 5.14. The van der Waals surface area contributed by atoms with Gasteiger partial charge in [-0.15, -0.1) is 0 Å². The van der Waals surface area contributed by atoms with Gasteiger partial charge in [-0.3, -0.25) is 0 Å². The van der Waals surface area contributed by atoms with Crippen LogP contribution in [0.15, 0.2) is 12.4 Å². The lowest BCUT2D eigenvalue weighted by Gasteiger charge is -2.40. The second-order valence-corrected chi connectivity index (χ2v) is 6.11. The van der Waals surface area contributed by atoms with Crippen molar-refractivity contribution in [2.24, 2.45) is 0 Å². The first-order valence-electron chi connectivity index (χ1n) is 7.74. The van der Waals surface area contributed by atoms with Crippen molar-refractivity contribution in [2.45, 2.75) is 31.3 Å². The zero-order valence-electron chi connectivity index (χ0n) is 12.7. The van der Waals surface area contributed by atoms with E-state index < -0.39 is 5.60 Å². The fourth-order valence-electron chi connectivity index (χ4n) is 3.28. The van der Waals surface area contributed by atoms with Gasteiger partial charge in [0.1, 0.15) is 12.1 Å². The summed E-state index contributed by atoms with van der Waals surface area (Å²) in [5.74, 6) is 1.46. The van der Waals surface area contributed by atoms with Crippen LogP contribution in [0.2, 0.25) is 0 Å². The Morgan fingerprint density at radius 2 is 1.90 bits per heavy atom. The number of aromatic nitrogens is 2. The SMILES string of the molecule is COc1cc(N2CCC(O)(CN3CCCC3)CC2)ncn1. The van der Waals surface area contributed by atoms with Crippen molar-refractivity contribution in [1.82, 2.24) is 14.9 Å². The number of β-amino-alcohol motifs (C(OH)–C–C–N with tert-alkyl or cyclic N) is 1. The maximum Gasteiger partial charge on any atom is 0.218 e. The van der Waals surface area contributed by atoms with E-state index in [1.54, 1.807) is 7.11 Å². The number of hydrogen-bond acceptors (Lipinski definition) is 6. The second kappa shape index (κ2) is 6.15. The molecule has 0 bridgehead atoms. The van der Waals surface area contributed by atoms with Crippen molar-refractivity contribution in [2.75, 3.05) is 44.7 Å². The van der Waals surface area contributed by atoms with E-state index in [0.29, 0.717) is 5.88 Å². The summed E-state index contributed by atoms with van der Waals surface area (Å²) in [6.45, 7) is 4.73. The zero-order valence-corrected chi connectivity index (χ0v) is 12.7. The lowest BCUT2D eigenvalue weighted by molar-refractivity contribution is -0.0111. The zero-order chi connectivity index (χ0) is 14.7. The normalized spacial score (nSPS) is 22.5. The Bertz CT molecular complexity index is 468. The summed E-state index contributed by atoms with van der Waals surface area (Å²) in [6.07, 6.45) is 5.64. The van der Waals surface area contributed by atoms with E-state index >= 15 is 0 Å². The molecule has 0 amide bonds. The molecule has 1 aromatic heterocycles. The van der Waals surface area contributed by atoms with Gasteiger partial charge in [-0.25, -0.2) is 9.97 Å². The molecule has 0 aliphatic carbocycles. The number of rotatable bonds is 4. The first-order chi connectivity index (χ1) is 10.2. The van der Waals surface area contributed by atoms with Gasteiger partial charge in [0.15, 0.2) is 0 Å². The van der Waals surface area contributed by atoms with Crippen LogP contribution < -0.4 is 9.64 Å². The second-order valence-electron chi connectivity index (χ2n) is 6.11. The highest BCUT2D eigenvalue weighted by molar-refractivity contribution is 5.41. The summed E-state index contributed by atoms with van der Waals surface area (Å²) >= 11 is 0. The number of ether oxygens (including phenoxy) is 1. The van der Waals surface area contributed by atoms with Crippen LogP contribution in [0.5, 0.6) is 5.88 Å². The minimum Gasteiger partial charge on any atom is -0.481 e. The van der Waals surface area contributed by atoms with Gasteiger partial charge in [0.05, 0.1) is 12.7 Å². The molecule has 1 N–H and O–H groups in total. The van der Waals surface area contributed by atoms with E-state index in [1.165, 1.54) is 19.2 Å². The molecular weight excluding hydrogens is 268 g/mol. The maximum absolute atomic E-state index is 10.8. The summed E-state index contributed by atoms with van der Waals surface area (Å²) in [7, 11) is 1.61. The highest BCUT2D eigenvalue weighted by atomic mass is 16.5. The molecule has 3 heterocycles. The van der Waals surface area contributed by atoms with Crippen LogP contribution >= 0.6 is 0 Å². The third-order valence-electron chi connectivity index (χ3n) is 4.57. The van der Waals surface area contributed by atoms with Crippen LogP contribution in [0.3, 0.4) is 0 Å². The molecule has 3 rings (SSSR count). The first kappa shape index (κ1) is 14.5. The molecule has 6 heteroatoms. The van der Waals surface area contributed by atoms with Crippen LogP contribution in [0.1, 0.15) is 25.7 Å². The fourth-order valence-corrected chi connectivity index (χ4v) is 3.28. The fraction of sp³-hybridized carbons (Fsp3) is 0.733. The lowest BCUT2D eigenvalue weighted by Crippen LogP contribution is -2.50. The molecule has 2 aliphatic heterocycles. The van der Waals surface area contributed by atoms with Crippen LogP contribution in [0, 0.1) is 0 Å². The molecule has 2 aliphatic rings. The third-order valence-corrected chi connectivity index (χ3v) is 4.57. The van der Waals surface area contributed by atoms with E-state index in [9.17, 15) is 5.11 Å². The Morgan fingerprint density at radius 3 is 2.57 bits per heavy atom. The van der Waals surface area contributed by atoms with Gasteiger partial charge in [0.25, 0.3) is 0 Å². The van der Waals surface area contributed by atoms with E-state index in [1.807, 2.05) is 6.07 Å². The molecule has 0 unspecified atom stereocenters. The van der Waals surface area contributed by atoms with Gasteiger partial charge in [-0.2, -0.15) is 0 Å². The highest BCUT2D eigenvalue weighted by Gasteiger charge is 2.35. The molecule has 0 atom stereocenters. The number of nitrogens with zero attached hydrogens (tertiary/aromatic N) is 4. The van der Waals surface area contributed by atoms with Crippen LogP contribution in [0.25, 0.3) is 0 Å². The Kier molecular flexibility index (Phi) is 4.26. The molecule has 21 heavy (non-hydrogen) atoms. The van der Waals surface area contributed by atoms with Crippen molar-refractivity contribution in [3.63, 3.8) is 0 Å². The van der Waals surface area contributed by atoms with Crippen LogP contribution in [-0.2, 0) is 0 Å². The van der Waals surface area contributed by atoms with Gasteiger partial charge in [0, 0.05) is 25.7 Å². The van der Waals surface area contributed by atoms with Crippen LogP contribution in [-0.4, -0.2) is 65.4 Å². The smallest absolute Gasteiger partial charge is 0.218 e. The third kappa shape index (κ3) is 3.44. The molecule has 2 fully saturated rings. The summed E-state index contributed by atoms with van der Waals surface area (Å²) in [5, 5.41) is 10.8. The maximum atomic E-state index is 10.8. The van der Waals surface area contributed by atoms with Crippen molar-refractivity contribution < 1.29 is 9.84 Å². The van der Waals surface area contributed by atoms with Gasteiger partial charge >= 0.3 is 0 Å². The summed E-state index contributed by atoms with van der Waals surface area (Å²) in [5.41, 5.74) is -0.544. The van der Waals surface area contributed by atoms with E-state index in [0.717, 1.165) is 51.4 Å². The summed E-state index contributed by atoms with van der Waals surface area (Å²) in [4.78, 5) is 12.9. The molecular formula is C15H24N4O2. The topological polar surface area (TPSA) is 61.7 Å². The Morgan fingerprint density at radius 1 is 1.19 bits per heavy atom. The largest absolute Gasteiger partial charge is 0.481 e. The minimum absolute atomic E-state index is 0.544. The predicted octanol–water partition coefficient (Wildman–Crippen LogP) is 0.912. The molecule has 1 aromatic rings. The summed E-state index contributed by atoms with van der Waals surface area (Å²) in [6, 6.07) is 1.85. The molecule has 0 radical (unpaired) electrons. The van der Waals surface area contributed by atoms with E-state index in [-0.39, 0.29) is 0 Å². The van der Waals surface area contributed by atoms with Crippen LogP contribution in [0.4, 0.5) is 5.82 Å². The molecule has 0 spiro atoms. The molecule has 0 aromatic carbocycles. The quantitative estimate of drug-likeness (QED) is 0.890. The number of piperidine rings is 1. The molecule has 6 nitrogen and oxygen atoms in total. The number of aliphatic hydroxyl groups is 1. The number of methoxy groups -OCH3 is 1. The van der Waals surface area contributed by atoms with E-state index in [4.69, 9.17) is 4.74 Å². The molecule has 116 valence electrons.